The minimum atomic E-state index is 0.517. The molecule has 0 aliphatic heterocycles. The molecule has 106 valence electrons. The van der Waals surface area contributed by atoms with Crippen molar-refractivity contribution in [3.05, 3.63) is 35.0 Å². The summed E-state index contributed by atoms with van der Waals surface area (Å²) in [5.74, 6) is 1.67. The zero-order valence-electron chi connectivity index (χ0n) is 11.8. The van der Waals surface area contributed by atoms with Gasteiger partial charge in [0.25, 0.3) is 0 Å². The highest BCUT2D eigenvalue weighted by atomic mass is 35.5. The quantitative estimate of drug-likeness (QED) is 0.880. The minimum Gasteiger partial charge on any atom is -0.353 e. The van der Waals surface area contributed by atoms with Gasteiger partial charge in [-0.1, -0.05) is 31.5 Å². The Morgan fingerprint density at radius 1 is 1.30 bits per heavy atom. The van der Waals surface area contributed by atoms with Crippen molar-refractivity contribution in [3.8, 4) is 0 Å². The first-order valence-electron chi connectivity index (χ1n) is 6.52. The molecule has 2 rings (SSSR count). The van der Waals surface area contributed by atoms with Gasteiger partial charge >= 0.3 is 0 Å². The van der Waals surface area contributed by atoms with Crippen LogP contribution in [0.4, 0.5) is 17.5 Å². The van der Waals surface area contributed by atoms with Crippen LogP contribution in [0.2, 0.25) is 5.02 Å². The van der Waals surface area contributed by atoms with Gasteiger partial charge in [0.2, 0.25) is 5.95 Å². The lowest BCUT2D eigenvalue weighted by atomic mass is 10.2. The second-order valence-electron chi connectivity index (χ2n) is 4.98. The Kier molecular flexibility index (Phi) is 4.74. The van der Waals surface area contributed by atoms with Crippen molar-refractivity contribution in [1.29, 1.82) is 0 Å². The number of benzene rings is 1. The summed E-state index contributed by atoms with van der Waals surface area (Å²) in [6.07, 6.45) is 1.58. The van der Waals surface area contributed by atoms with E-state index in [0.29, 0.717) is 17.7 Å². The van der Waals surface area contributed by atoms with Crippen molar-refractivity contribution >= 4 is 29.1 Å². The van der Waals surface area contributed by atoms with Gasteiger partial charge in [-0.15, -0.1) is 5.10 Å². The van der Waals surface area contributed by atoms with E-state index in [2.05, 4.69) is 39.7 Å². The van der Waals surface area contributed by atoms with Gasteiger partial charge in [-0.25, -0.2) is 0 Å². The average molecular weight is 292 g/mol. The largest absolute Gasteiger partial charge is 0.353 e. The van der Waals surface area contributed by atoms with Crippen molar-refractivity contribution < 1.29 is 0 Å². The fraction of sp³-hybridized carbons (Fsp3) is 0.357. The number of anilines is 3. The third-order valence-corrected chi connectivity index (χ3v) is 3.17. The molecule has 0 aliphatic carbocycles. The maximum absolute atomic E-state index is 6.10. The first-order chi connectivity index (χ1) is 9.56. The molecular weight excluding hydrogens is 274 g/mol. The van der Waals surface area contributed by atoms with Crippen LogP contribution in [0.25, 0.3) is 0 Å². The molecule has 1 aromatic heterocycles. The maximum atomic E-state index is 6.10. The molecular formula is C14H18ClN5. The molecule has 0 radical (unpaired) electrons. The lowest BCUT2D eigenvalue weighted by molar-refractivity contribution is 0.682. The number of halogens is 1. The molecule has 1 aromatic carbocycles. The summed E-state index contributed by atoms with van der Waals surface area (Å²) in [6.45, 7) is 7.01. The third kappa shape index (κ3) is 3.81. The molecule has 2 N–H and O–H groups in total. The molecule has 0 amide bonds. The van der Waals surface area contributed by atoms with Crippen molar-refractivity contribution in [2.45, 2.75) is 20.8 Å². The molecule has 0 aliphatic rings. The van der Waals surface area contributed by atoms with Gasteiger partial charge in [-0.05, 0) is 30.5 Å². The number of nitrogens with zero attached hydrogens (tertiary/aromatic N) is 3. The van der Waals surface area contributed by atoms with Crippen molar-refractivity contribution in [2.24, 2.45) is 5.92 Å². The molecule has 0 bridgehead atoms. The molecule has 0 unspecified atom stereocenters. The normalized spacial score (nSPS) is 10.7. The molecule has 6 heteroatoms. The highest BCUT2D eigenvalue weighted by Crippen LogP contribution is 2.25. The summed E-state index contributed by atoms with van der Waals surface area (Å²) < 4.78 is 0. The van der Waals surface area contributed by atoms with Gasteiger partial charge in [0.05, 0.1) is 6.20 Å². The van der Waals surface area contributed by atoms with E-state index in [1.54, 1.807) is 6.20 Å². The fourth-order valence-corrected chi connectivity index (χ4v) is 1.79. The highest BCUT2D eigenvalue weighted by Gasteiger charge is 2.05. The molecule has 0 saturated heterocycles. The van der Waals surface area contributed by atoms with Crippen LogP contribution < -0.4 is 10.6 Å². The summed E-state index contributed by atoms with van der Waals surface area (Å²) in [5.41, 5.74) is 1.89. The minimum absolute atomic E-state index is 0.517. The van der Waals surface area contributed by atoms with E-state index in [-0.39, 0.29) is 0 Å². The van der Waals surface area contributed by atoms with E-state index in [9.17, 15) is 0 Å². The van der Waals surface area contributed by atoms with E-state index < -0.39 is 0 Å². The summed E-state index contributed by atoms with van der Waals surface area (Å²) in [7, 11) is 0. The Bertz CT molecular complexity index is 586. The Labute approximate surface area is 123 Å². The molecule has 0 fully saturated rings. The first kappa shape index (κ1) is 14.5. The van der Waals surface area contributed by atoms with E-state index in [4.69, 9.17) is 11.6 Å². The zero-order valence-corrected chi connectivity index (χ0v) is 12.6. The number of hydrogen-bond donors (Lipinski definition) is 2. The van der Waals surface area contributed by atoms with Crippen molar-refractivity contribution in [3.63, 3.8) is 0 Å². The van der Waals surface area contributed by atoms with Gasteiger partial charge in [0, 0.05) is 17.3 Å². The Hall–Kier alpha value is -1.88. The SMILES string of the molecule is Cc1c(Cl)cccc1Nc1cnnc(NCC(C)C)n1. The standard InChI is InChI=1S/C14H18ClN5/c1-9(2)7-16-14-19-13(8-17-20-14)18-12-6-4-5-11(15)10(12)3/h4-6,8-9H,7H2,1-3H3,(H2,16,18,19,20). The zero-order chi connectivity index (χ0) is 14.5. The van der Waals surface area contributed by atoms with Crippen molar-refractivity contribution in [2.75, 3.05) is 17.2 Å². The fourth-order valence-electron chi connectivity index (χ4n) is 1.61. The number of hydrogen-bond acceptors (Lipinski definition) is 5. The second kappa shape index (κ2) is 6.52. The molecule has 5 nitrogen and oxygen atoms in total. The van der Waals surface area contributed by atoms with Crippen LogP contribution in [0, 0.1) is 12.8 Å². The smallest absolute Gasteiger partial charge is 0.244 e. The predicted octanol–water partition coefficient (Wildman–Crippen LogP) is 3.64. The van der Waals surface area contributed by atoms with Crippen LogP contribution in [0.3, 0.4) is 0 Å². The van der Waals surface area contributed by atoms with E-state index in [0.717, 1.165) is 22.8 Å². The van der Waals surface area contributed by atoms with E-state index in [1.807, 2.05) is 25.1 Å². The van der Waals surface area contributed by atoms with Crippen LogP contribution in [0.15, 0.2) is 24.4 Å². The van der Waals surface area contributed by atoms with Gasteiger partial charge in [0.15, 0.2) is 5.82 Å². The monoisotopic (exact) mass is 291 g/mol. The number of aromatic nitrogens is 3. The number of rotatable bonds is 5. The third-order valence-electron chi connectivity index (χ3n) is 2.76. The van der Waals surface area contributed by atoms with Gasteiger partial charge in [-0.2, -0.15) is 10.1 Å². The van der Waals surface area contributed by atoms with Gasteiger partial charge in [-0.3, -0.25) is 0 Å². The van der Waals surface area contributed by atoms with E-state index in [1.165, 1.54) is 0 Å². The average Bonchev–Trinajstić information content (AvgIpc) is 2.42. The van der Waals surface area contributed by atoms with Gasteiger partial charge in [0.1, 0.15) is 0 Å². The first-order valence-corrected chi connectivity index (χ1v) is 6.90. The highest BCUT2D eigenvalue weighted by molar-refractivity contribution is 6.31. The molecule has 1 heterocycles. The van der Waals surface area contributed by atoms with Crippen LogP contribution in [-0.4, -0.2) is 21.7 Å². The Balaban J connectivity index is 2.13. The molecule has 0 spiro atoms. The van der Waals surface area contributed by atoms with Crippen LogP contribution in [0.5, 0.6) is 0 Å². The summed E-state index contributed by atoms with van der Waals surface area (Å²) >= 11 is 6.10. The van der Waals surface area contributed by atoms with Crippen LogP contribution in [-0.2, 0) is 0 Å². The van der Waals surface area contributed by atoms with Crippen LogP contribution in [0.1, 0.15) is 19.4 Å². The van der Waals surface area contributed by atoms with Gasteiger partial charge < -0.3 is 10.6 Å². The topological polar surface area (TPSA) is 62.7 Å². The molecule has 0 atom stereocenters. The molecule has 20 heavy (non-hydrogen) atoms. The second-order valence-corrected chi connectivity index (χ2v) is 5.38. The van der Waals surface area contributed by atoms with E-state index >= 15 is 0 Å². The summed E-state index contributed by atoms with van der Waals surface area (Å²) in [4.78, 5) is 4.37. The van der Waals surface area contributed by atoms with Crippen molar-refractivity contribution in [1.82, 2.24) is 15.2 Å². The summed E-state index contributed by atoms with van der Waals surface area (Å²) in [5, 5.41) is 15.0. The van der Waals surface area contributed by atoms with Crippen LogP contribution >= 0.6 is 11.6 Å². The summed E-state index contributed by atoms with van der Waals surface area (Å²) in [6, 6.07) is 5.70. The lowest BCUT2D eigenvalue weighted by Gasteiger charge is -2.11. The molecule has 0 saturated carbocycles. The Morgan fingerprint density at radius 2 is 2.10 bits per heavy atom. The Morgan fingerprint density at radius 3 is 2.85 bits per heavy atom. The number of nitrogens with one attached hydrogen (secondary N) is 2. The molecule has 2 aromatic rings. The predicted molar refractivity (Wildman–Crippen MR) is 82.6 cm³/mol. The lowest BCUT2D eigenvalue weighted by Crippen LogP contribution is -2.11. The maximum Gasteiger partial charge on any atom is 0.244 e.